The first-order chi connectivity index (χ1) is 18.3. The van der Waals surface area contributed by atoms with Crippen LogP contribution in [-0.2, 0) is 18.0 Å². The lowest BCUT2D eigenvalue weighted by atomic mass is 10.2. The molecule has 10 heteroatoms. The molecule has 194 valence electrons. The number of hydrogen-bond acceptors (Lipinski definition) is 5. The number of benzene rings is 3. The lowest BCUT2D eigenvalue weighted by Gasteiger charge is -2.12. The summed E-state index contributed by atoms with van der Waals surface area (Å²) in [7, 11) is 0. The molecule has 7 nitrogen and oxygen atoms in total. The smallest absolute Gasteiger partial charge is 0.489 e. The summed E-state index contributed by atoms with van der Waals surface area (Å²) in [5, 5.41) is 7.12. The van der Waals surface area contributed by atoms with E-state index in [1.54, 1.807) is 6.20 Å². The fourth-order valence-electron chi connectivity index (χ4n) is 3.34. The van der Waals surface area contributed by atoms with Gasteiger partial charge in [-0.25, -0.2) is 14.8 Å². The summed E-state index contributed by atoms with van der Waals surface area (Å²) in [6.07, 6.45) is -3.35. The van der Waals surface area contributed by atoms with Crippen molar-refractivity contribution in [1.82, 2.24) is 15.0 Å². The number of carboxylic acids is 1. The van der Waals surface area contributed by atoms with Crippen LogP contribution >= 0.6 is 0 Å². The lowest BCUT2D eigenvalue weighted by Crippen LogP contribution is -2.21. The van der Waals surface area contributed by atoms with Gasteiger partial charge >= 0.3 is 12.1 Å². The van der Waals surface area contributed by atoms with Gasteiger partial charge in [-0.3, -0.25) is 0 Å². The Balaban J connectivity index is 0.000000426. The molecule has 0 radical (unpaired) electrons. The second-order valence-corrected chi connectivity index (χ2v) is 8.00. The highest BCUT2D eigenvalue weighted by Crippen LogP contribution is 2.30. The van der Waals surface area contributed by atoms with E-state index in [9.17, 15) is 13.2 Å². The Morgan fingerprint density at radius 3 is 1.82 bits per heavy atom. The van der Waals surface area contributed by atoms with E-state index in [1.165, 1.54) is 0 Å². The summed E-state index contributed by atoms with van der Waals surface area (Å²) in [6.45, 7) is 0.953. The quantitative estimate of drug-likeness (QED) is 0.257. The van der Waals surface area contributed by atoms with Crippen molar-refractivity contribution < 1.29 is 32.5 Å². The minimum absolute atomic E-state index is 0.476. The van der Waals surface area contributed by atoms with E-state index in [0.717, 1.165) is 39.5 Å². The second kappa shape index (κ2) is 11.9. The van der Waals surface area contributed by atoms with E-state index in [0.29, 0.717) is 18.9 Å². The number of nitrogens with one attached hydrogen (secondary N) is 1. The molecule has 2 aromatic heterocycles. The number of H-pyrrole nitrogens is 1. The summed E-state index contributed by atoms with van der Waals surface area (Å²) in [5.41, 5.74) is 4.66. The van der Waals surface area contributed by atoms with Crippen molar-refractivity contribution in [2.24, 2.45) is 0 Å². The minimum Gasteiger partial charge on any atom is -0.489 e. The van der Waals surface area contributed by atoms with Gasteiger partial charge in [-0.05, 0) is 35.4 Å². The first kappa shape index (κ1) is 26.2. The number of nitrogens with zero attached hydrogens (tertiary/aromatic N) is 2. The molecular weight excluding hydrogens is 499 g/mol. The number of alkyl halides is 3. The molecule has 0 saturated heterocycles. The van der Waals surface area contributed by atoms with Gasteiger partial charge < -0.3 is 19.6 Å². The first-order valence-electron chi connectivity index (χ1n) is 11.4. The summed E-state index contributed by atoms with van der Waals surface area (Å²) in [4.78, 5) is 21.2. The van der Waals surface area contributed by atoms with Crippen LogP contribution in [0, 0.1) is 0 Å². The number of aromatic nitrogens is 3. The van der Waals surface area contributed by atoms with Crippen LogP contribution in [0.4, 0.5) is 13.2 Å². The molecule has 0 aliphatic carbocycles. The monoisotopic (exact) mass is 521 g/mol. The standard InChI is InChI=1S/C26H21N3O2.C2HF3O2/c1-3-8-19(9-4-1)17-30-22-14-21(25-28-24-12-7-13-27-26(24)29-25)15-23(16-22)31-18-20-10-5-2-6-11-20;3-2(4,5)1(6)7/h1-16H,17-18H2,(H,27,28,29);(H,6,7). The van der Waals surface area contributed by atoms with Crippen LogP contribution in [-0.4, -0.2) is 32.2 Å². The van der Waals surface area contributed by atoms with E-state index < -0.39 is 12.1 Å². The number of hydrogen-bond donors (Lipinski definition) is 2. The van der Waals surface area contributed by atoms with Crippen molar-refractivity contribution in [3.05, 3.63) is 108 Å². The topological polar surface area (TPSA) is 97.3 Å². The summed E-state index contributed by atoms with van der Waals surface area (Å²) in [6, 6.07) is 29.9. The van der Waals surface area contributed by atoms with Gasteiger partial charge in [0.15, 0.2) is 5.65 Å². The Morgan fingerprint density at radius 1 is 0.816 bits per heavy atom. The van der Waals surface area contributed by atoms with Gasteiger partial charge in [0, 0.05) is 17.8 Å². The molecule has 2 heterocycles. The van der Waals surface area contributed by atoms with Crippen molar-refractivity contribution in [3.8, 4) is 22.9 Å². The van der Waals surface area contributed by atoms with Crippen LogP contribution < -0.4 is 9.47 Å². The Labute approximate surface area is 215 Å². The number of aromatic amines is 1. The van der Waals surface area contributed by atoms with Crippen molar-refractivity contribution in [3.63, 3.8) is 0 Å². The number of carboxylic acid groups (broad SMARTS) is 1. The molecule has 5 aromatic rings. The maximum absolute atomic E-state index is 10.6. The van der Waals surface area contributed by atoms with Crippen LogP contribution in [0.5, 0.6) is 11.5 Å². The second-order valence-electron chi connectivity index (χ2n) is 8.00. The molecule has 0 bridgehead atoms. The molecule has 0 unspecified atom stereocenters. The highest BCUT2D eigenvalue weighted by atomic mass is 19.4. The van der Waals surface area contributed by atoms with Gasteiger partial charge in [-0.2, -0.15) is 13.2 Å². The molecule has 0 aliphatic heterocycles. The Morgan fingerprint density at radius 2 is 1.34 bits per heavy atom. The third-order valence-corrected chi connectivity index (χ3v) is 5.15. The summed E-state index contributed by atoms with van der Waals surface area (Å²) in [5.74, 6) is -0.591. The van der Waals surface area contributed by atoms with Crippen LogP contribution in [0.15, 0.2) is 97.2 Å². The predicted molar refractivity (Wildman–Crippen MR) is 135 cm³/mol. The number of pyridine rings is 1. The third kappa shape index (κ3) is 7.33. The molecular formula is C28H22F3N3O4. The van der Waals surface area contributed by atoms with Crippen molar-refractivity contribution in [1.29, 1.82) is 0 Å². The van der Waals surface area contributed by atoms with E-state index in [4.69, 9.17) is 19.4 Å². The molecule has 38 heavy (non-hydrogen) atoms. The number of rotatable bonds is 7. The Hall–Kier alpha value is -4.86. The van der Waals surface area contributed by atoms with Crippen LogP contribution in [0.2, 0.25) is 0 Å². The van der Waals surface area contributed by atoms with Gasteiger partial charge in [0.25, 0.3) is 0 Å². The summed E-state index contributed by atoms with van der Waals surface area (Å²) < 4.78 is 43.9. The zero-order chi connectivity index (χ0) is 27.0. The van der Waals surface area contributed by atoms with Gasteiger partial charge in [0.1, 0.15) is 30.5 Å². The van der Waals surface area contributed by atoms with Gasteiger partial charge in [-0.15, -0.1) is 0 Å². The van der Waals surface area contributed by atoms with E-state index in [1.807, 2.05) is 91.0 Å². The minimum atomic E-state index is -5.08. The van der Waals surface area contributed by atoms with Crippen molar-refractivity contribution in [2.45, 2.75) is 19.4 Å². The fraction of sp³-hybridized carbons (Fsp3) is 0.107. The Bertz CT molecular complexity index is 1400. The number of ether oxygens (including phenoxy) is 2. The first-order valence-corrected chi connectivity index (χ1v) is 11.4. The van der Waals surface area contributed by atoms with Crippen LogP contribution in [0.25, 0.3) is 22.6 Å². The largest absolute Gasteiger partial charge is 0.490 e. The average Bonchev–Trinajstić information content (AvgIpc) is 3.36. The molecule has 5 rings (SSSR count). The molecule has 0 aliphatic rings. The van der Waals surface area contributed by atoms with Crippen molar-refractivity contribution in [2.75, 3.05) is 0 Å². The number of carbonyl (C=O) groups is 1. The number of aliphatic carboxylic acids is 1. The molecule has 0 atom stereocenters. The van der Waals surface area contributed by atoms with Crippen LogP contribution in [0.1, 0.15) is 11.1 Å². The van der Waals surface area contributed by atoms with Gasteiger partial charge in [-0.1, -0.05) is 60.7 Å². The highest BCUT2D eigenvalue weighted by molar-refractivity contribution is 5.76. The number of fused-ring (bicyclic) bond motifs is 1. The van der Waals surface area contributed by atoms with E-state index >= 15 is 0 Å². The van der Waals surface area contributed by atoms with Crippen molar-refractivity contribution >= 4 is 17.1 Å². The number of imidazole rings is 1. The zero-order valence-electron chi connectivity index (χ0n) is 19.9. The lowest BCUT2D eigenvalue weighted by molar-refractivity contribution is -0.192. The molecule has 0 saturated carbocycles. The maximum Gasteiger partial charge on any atom is 0.490 e. The maximum atomic E-state index is 10.6. The summed E-state index contributed by atoms with van der Waals surface area (Å²) >= 11 is 0. The van der Waals surface area contributed by atoms with Gasteiger partial charge in [0.2, 0.25) is 0 Å². The SMILES string of the molecule is O=C(O)C(F)(F)F.c1ccc(COc2cc(OCc3ccccc3)cc(-c3nc4ncccc4[nH]3)c2)cc1. The average molecular weight is 521 g/mol. The molecule has 0 fully saturated rings. The normalized spacial score (nSPS) is 10.9. The third-order valence-electron chi connectivity index (χ3n) is 5.15. The molecule has 2 N–H and O–H groups in total. The molecule has 0 spiro atoms. The molecule has 3 aromatic carbocycles. The highest BCUT2D eigenvalue weighted by Gasteiger charge is 2.38. The van der Waals surface area contributed by atoms with E-state index in [2.05, 4.69) is 15.0 Å². The Kier molecular flexibility index (Phi) is 8.22. The zero-order valence-corrected chi connectivity index (χ0v) is 19.9. The van der Waals surface area contributed by atoms with Gasteiger partial charge in [0.05, 0.1) is 5.52 Å². The number of halogens is 3. The van der Waals surface area contributed by atoms with Crippen LogP contribution in [0.3, 0.4) is 0 Å². The fourth-order valence-corrected chi connectivity index (χ4v) is 3.34. The van der Waals surface area contributed by atoms with E-state index in [-0.39, 0.29) is 0 Å². The predicted octanol–water partition coefficient (Wildman–Crippen LogP) is 6.42. The molecule has 0 amide bonds.